The maximum absolute atomic E-state index is 10.8. The Morgan fingerprint density at radius 2 is 2.00 bits per heavy atom. The van der Waals surface area contributed by atoms with Crippen molar-refractivity contribution < 1.29 is 9.90 Å². The lowest BCUT2D eigenvalue weighted by Gasteiger charge is -2.26. The second kappa shape index (κ2) is 5.28. The molecule has 2 N–H and O–H groups in total. The molecule has 1 atom stereocenters. The Labute approximate surface area is 116 Å². The van der Waals surface area contributed by atoms with Crippen LogP contribution >= 0.6 is 0 Å². The molecule has 0 amide bonds. The summed E-state index contributed by atoms with van der Waals surface area (Å²) in [6.07, 6.45) is 5.91. The molecule has 1 aromatic heterocycles. The van der Waals surface area contributed by atoms with E-state index in [1.807, 2.05) is 6.07 Å². The first-order chi connectivity index (χ1) is 9.74. The lowest BCUT2D eigenvalue weighted by atomic mass is 9.88. The van der Waals surface area contributed by atoms with Gasteiger partial charge >= 0.3 is 5.97 Å². The third kappa shape index (κ3) is 2.47. The molecule has 1 aliphatic rings. The summed E-state index contributed by atoms with van der Waals surface area (Å²) in [5, 5.41) is 12.1. The molecule has 3 rings (SSSR count). The number of carboxylic acid groups (broad SMARTS) is 1. The Morgan fingerprint density at radius 3 is 2.75 bits per heavy atom. The number of nitrogens with zero attached hydrogens (tertiary/aromatic N) is 2. The van der Waals surface area contributed by atoms with E-state index in [0.29, 0.717) is 5.95 Å². The first kappa shape index (κ1) is 12.6. The van der Waals surface area contributed by atoms with E-state index in [2.05, 4.69) is 33.5 Å². The molecule has 1 aliphatic carbocycles. The minimum atomic E-state index is -1.01. The molecule has 0 bridgehead atoms. The van der Waals surface area contributed by atoms with E-state index < -0.39 is 5.97 Å². The van der Waals surface area contributed by atoms with Crippen LogP contribution in [0.3, 0.4) is 0 Å². The van der Waals surface area contributed by atoms with Crippen LogP contribution in [0.2, 0.25) is 0 Å². The molecule has 1 unspecified atom stereocenters. The van der Waals surface area contributed by atoms with Crippen LogP contribution < -0.4 is 5.32 Å². The highest BCUT2D eigenvalue weighted by molar-refractivity contribution is 5.86. The molecule has 0 spiro atoms. The van der Waals surface area contributed by atoms with Gasteiger partial charge in [-0.25, -0.2) is 14.8 Å². The van der Waals surface area contributed by atoms with Crippen LogP contribution in [0.25, 0.3) is 0 Å². The number of aryl methyl sites for hydroxylation is 1. The van der Waals surface area contributed by atoms with Crippen LogP contribution in [-0.4, -0.2) is 21.0 Å². The average molecular weight is 269 g/mol. The van der Waals surface area contributed by atoms with Crippen molar-refractivity contribution in [3.05, 3.63) is 53.3 Å². The Kier molecular flexibility index (Phi) is 3.33. The van der Waals surface area contributed by atoms with Gasteiger partial charge in [0.1, 0.15) is 0 Å². The van der Waals surface area contributed by atoms with Crippen molar-refractivity contribution in [1.29, 1.82) is 0 Å². The zero-order valence-electron chi connectivity index (χ0n) is 10.9. The Morgan fingerprint density at radius 1 is 1.25 bits per heavy atom. The van der Waals surface area contributed by atoms with E-state index in [9.17, 15) is 4.79 Å². The summed E-state index contributed by atoms with van der Waals surface area (Å²) < 4.78 is 0. The summed E-state index contributed by atoms with van der Waals surface area (Å²) in [5.41, 5.74) is 2.74. The molecule has 1 heterocycles. The molecule has 2 aromatic rings. The maximum atomic E-state index is 10.8. The van der Waals surface area contributed by atoms with Gasteiger partial charge in [-0.2, -0.15) is 0 Å². The van der Waals surface area contributed by atoms with Crippen molar-refractivity contribution in [3.8, 4) is 0 Å². The highest BCUT2D eigenvalue weighted by Gasteiger charge is 2.20. The summed E-state index contributed by atoms with van der Waals surface area (Å²) in [6, 6.07) is 8.55. The molecule has 0 saturated carbocycles. The van der Waals surface area contributed by atoms with Crippen LogP contribution in [-0.2, 0) is 6.42 Å². The van der Waals surface area contributed by atoms with Crippen LogP contribution in [0, 0.1) is 0 Å². The van der Waals surface area contributed by atoms with Crippen molar-refractivity contribution in [3.63, 3.8) is 0 Å². The number of benzene rings is 1. The lowest BCUT2D eigenvalue weighted by molar-refractivity contribution is 0.0696. The van der Waals surface area contributed by atoms with E-state index in [1.165, 1.54) is 23.5 Å². The van der Waals surface area contributed by atoms with Gasteiger partial charge in [-0.1, -0.05) is 24.3 Å². The third-order valence-electron chi connectivity index (χ3n) is 3.57. The number of aromatic carboxylic acids is 1. The summed E-state index contributed by atoms with van der Waals surface area (Å²) in [4.78, 5) is 18.9. The van der Waals surface area contributed by atoms with Crippen LogP contribution in [0.1, 0.15) is 40.4 Å². The molecular weight excluding hydrogens is 254 g/mol. The molecule has 20 heavy (non-hydrogen) atoms. The highest BCUT2D eigenvalue weighted by atomic mass is 16.4. The SMILES string of the molecule is O=C(O)c1cnc(NC2CCCc3ccccc32)nc1. The second-order valence-electron chi connectivity index (χ2n) is 4.89. The zero-order valence-corrected chi connectivity index (χ0v) is 10.9. The van der Waals surface area contributed by atoms with Gasteiger partial charge in [0.2, 0.25) is 5.95 Å². The number of nitrogens with one attached hydrogen (secondary N) is 1. The van der Waals surface area contributed by atoms with E-state index in [1.54, 1.807) is 0 Å². The van der Waals surface area contributed by atoms with Crippen LogP contribution in [0.4, 0.5) is 5.95 Å². The molecule has 0 fully saturated rings. The predicted octanol–water partition coefficient (Wildman–Crippen LogP) is 2.66. The minimum Gasteiger partial charge on any atom is -0.478 e. The molecule has 5 nitrogen and oxygen atoms in total. The van der Waals surface area contributed by atoms with E-state index in [-0.39, 0.29) is 11.6 Å². The Bertz CT molecular complexity index is 625. The molecule has 0 saturated heterocycles. The first-order valence-corrected chi connectivity index (χ1v) is 6.64. The number of aromatic nitrogens is 2. The number of rotatable bonds is 3. The smallest absolute Gasteiger partial charge is 0.338 e. The molecule has 5 heteroatoms. The molecule has 102 valence electrons. The second-order valence-corrected chi connectivity index (χ2v) is 4.89. The van der Waals surface area contributed by atoms with E-state index in [0.717, 1.165) is 19.3 Å². The number of hydrogen-bond donors (Lipinski definition) is 2. The topological polar surface area (TPSA) is 75.1 Å². The van der Waals surface area contributed by atoms with E-state index >= 15 is 0 Å². The summed E-state index contributed by atoms with van der Waals surface area (Å²) in [5.74, 6) is -0.545. The number of hydrogen-bond acceptors (Lipinski definition) is 4. The normalized spacial score (nSPS) is 17.3. The van der Waals surface area contributed by atoms with Gasteiger partial charge < -0.3 is 10.4 Å². The fourth-order valence-electron chi connectivity index (χ4n) is 2.57. The van der Waals surface area contributed by atoms with Gasteiger partial charge in [0.25, 0.3) is 0 Å². The summed E-state index contributed by atoms with van der Waals surface area (Å²) in [7, 11) is 0. The Hall–Kier alpha value is -2.43. The van der Waals surface area contributed by atoms with Gasteiger partial charge in [-0.05, 0) is 30.4 Å². The summed E-state index contributed by atoms with van der Waals surface area (Å²) >= 11 is 0. The molecule has 1 aromatic carbocycles. The predicted molar refractivity (Wildman–Crippen MR) is 74.7 cm³/mol. The number of carboxylic acids is 1. The van der Waals surface area contributed by atoms with Gasteiger partial charge in [0, 0.05) is 12.4 Å². The zero-order chi connectivity index (χ0) is 13.9. The van der Waals surface area contributed by atoms with Crippen molar-refractivity contribution in [2.45, 2.75) is 25.3 Å². The average Bonchev–Trinajstić information content (AvgIpc) is 2.48. The molecular formula is C15H15N3O2. The minimum absolute atomic E-state index is 0.0968. The number of fused-ring (bicyclic) bond motifs is 1. The van der Waals surface area contributed by atoms with Gasteiger partial charge in [-0.15, -0.1) is 0 Å². The number of anilines is 1. The van der Waals surface area contributed by atoms with Gasteiger partial charge in [0.15, 0.2) is 0 Å². The highest BCUT2D eigenvalue weighted by Crippen LogP contribution is 2.31. The fourth-order valence-corrected chi connectivity index (χ4v) is 2.57. The molecule has 0 radical (unpaired) electrons. The monoisotopic (exact) mass is 269 g/mol. The quantitative estimate of drug-likeness (QED) is 0.896. The standard InChI is InChI=1S/C15H15N3O2/c19-14(20)11-8-16-15(17-9-11)18-13-7-3-5-10-4-1-2-6-12(10)13/h1-2,4,6,8-9,13H,3,5,7H2,(H,19,20)(H,16,17,18). The van der Waals surface area contributed by atoms with Crippen molar-refractivity contribution >= 4 is 11.9 Å². The van der Waals surface area contributed by atoms with Crippen molar-refractivity contribution in [2.75, 3.05) is 5.32 Å². The van der Waals surface area contributed by atoms with E-state index in [4.69, 9.17) is 5.11 Å². The molecule has 0 aliphatic heterocycles. The maximum Gasteiger partial charge on any atom is 0.338 e. The van der Waals surface area contributed by atoms with Gasteiger partial charge in [0.05, 0.1) is 11.6 Å². The first-order valence-electron chi connectivity index (χ1n) is 6.64. The third-order valence-corrected chi connectivity index (χ3v) is 3.57. The Balaban J connectivity index is 1.80. The van der Waals surface area contributed by atoms with Gasteiger partial charge in [-0.3, -0.25) is 0 Å². The fraction of sp³-hybridized carbons (Fsp3) is 0.267. The van der Waals surface area contributed by atoms with Crippen LogP contribution in [0.15, 0.2) is 36.7 Å². The largest absolute Gasteiger partial charge is 0.478 e. The van der Waals surface area contributed by atoms with Crippen LogP contribution in [0.5, 0.6) is 0 Å². The summed E-state index contributed by atoms with van der Waals surface area (Å²) in [6.45, 7) is 0. The lowest BCUT2D eigenvalue weighted by Crippen LogP contribution is -2.18. The van der Waals surface area contributed by atoms with Crippen molar-refractivity contribution in [2.24, 2.45) is 0 Å². The van der Waals surface area contributed by atoms with Crippen molar-refractivity contribution in [1.82, 2.24) is 9.97 Å². The number of carbonyl (C=O) groups is 1.